The zero-order valence-electron chi connectivity index (χ0n) is 7.45. The molecule has 1 N–H and O–H groups in total. The summed E-state index contributed by atoms with van der Waals surface area (Å²) in [4.78, 5) is 10.6. The molecule has 0 saturated carbocycles. The second-order valence-electron chi connectivity index (χ2n) is 1.66. The molecular formula is C7H8CaO2. The molecule has 10 heavy (non-hydrogen) atoms. The van der Waals surface area contributed by atoms with Gasteiger partial charge in [-0.05, 0) is 12.1 Å². The minimum Gasteiger partial charge on any atom is -1.00 e. The van der Waals surface area contributed by atoms with Gasteiger partial charge >= 0.3 is 37.7 Å². The fourth-order valence-electron chi connectivity index (χ4n) is 0.521. The summed E-state index contributed by atoms with van der Waals surface area (Å²) in [5.41, 5.74) is -0.347. The molecule has 50 valence electrons. The normalized spacial score (nSPS) is 8.00. The SMILES string of the molecule is O=c1cccccc1O.[Ca+2].[H-].[H-]. The Morgan fingerprint density at radius 2 is 1.80 bits per heavy atom. The molecule has 0 aliphatic carbocycles. The van der Waals surface area contributed by atoms with Gasteiger partial charge in [-0.2, -0.15) is 0 Å². The van der Waals surface area contributed by atoms with Crippen LogP contribution in [0, 0.1) is 0 Å². The molecule has 0 spiro atoms. The Labute approximate surface area is 91.5 Å². The fraction of sp³-hybridized carbons (Fsp3) is 0. The van der Waals surface area contributed by atoms with Gasteiger partial charge in [0.1, 0.15) is 0 Å². The predicted molar refractivity (Wildman–Crippen MR) is 42.4 cm³/mol. The van der Waals surface area contributed by atoms with Gasteiger partial charge in [0, 0.05) is 0 Å². The van der Waals surface area contributed by atoms with Gasteiger partial charge in [0.15, 0.2) is 5.75 Å². The van der Waals surface area contributed by atoms with Crippen molar-refractivity contribution in [1.29, 1.82) is 0 Å². The van der Waals surface area contributed by atoms with E-state index in [4.69, 9.17) is 5.11 Å². The Bertz CT molecular complexity index is 267. The van der Waals surface area contributed by atoms with E-state index in [1.807, 2.05) is 0 Å². The van der Waals surface area contributed by atoms with Crippen LogP contribution in [0.1, 0.15) is 2.85 Å². The van der Waals surface area contributed by atoms with Gasteiger partial charge in [-0.25, -0.2) is 0 Å². The summed E-state index contributed by atoms with van der Waals surface area (Å²) in [6, 6.07) is 7.55. The van der Waals surface area contributed by atoms with Crippen LogP contribution >= 0.6 is 0 Å². The summed E-state index contributed by atoms with van der Waals surface area (Å²) in [6.07, 6.45) is 0. The van der Waals surface area contributed by atoms with Crippen LogP contribution in [-0.4, -0.2) is 42.8 Å². The van der Waals surface area contributed by atoms with Crippen molar-refractivity contribution in [2.24, 2.45) is 0 Å². The molecule has 0 aliphatic heterocycles. The van der Waals surface area contributed by atoms with E-state index in [1.54, 1.807) is 18.2 Å². The van der Waals surface area contributed by atoms with Crippen molar-refractivity contribution in [3.63, 3.8) is 0 Å². The Morgan fingerprint density at radius 1 is 1.20 bits per heavy atom. The van der Waals surface area contributed by atoms with Crippen molar-refractivity contribution in [2.45, 2.75) is 0 Å². The van der Waals surface area contributed by atoms with Crippen LogP contribution in [0.25, 0.3) is 0 Å². The largest absolute Gasteiger partial charge is 2.00 e. The first-order valence-corrected chi connectivity index (χ1v) is 2.59. The van der Waals surface area contributed by atoms with Crippen LogP contribution < -0.4 is 5.43 Å². The van der Waals surface area contributed by atoms with Gasteiger partial charge in [0.05, 0.1) is 0 Å². The third-order valence-electron chi connectivity index (χ3n) is 0.976. The van der Waals surface area contributed by atoms with Crippen LogP contribution in [0.4, 0.5) is 0 Å². The first kappa shape index (κ1) is 9.95. The van der Waals surface area contributed by atoms with Crippen LogP contribution in [0.15, 0.2) is 35.1 Å². The van der Waals surface area contributed by atoms with E-state index in [0.29, 0.717) is 0 Å². The summed E-state index contributed by atoms with van der Waals surface area (Å²) in [7, 11) is 0. The van der Waals surface area contributed by atoms with Gasteiger partial charge in [-0.15, -0.1) is 0 Å². The molecule has 0 saturated heterocycles. The van der Waals surface area contributed by atoms with Crippen LogP contribution in [0.5, 0.6) is 5.75 Å². The van der Waals surface area contributed by atoms with E-state index in [9.17, 15) is 4.79 Å². The van der Waals surface area contributed by atoms with Crippen molar-refractivity contribution in [3.05, 3.63) is 40.6 Å². The van der Waals surface area contributed by atoms with Crippen molar-refractivity contribution >= 4 is 37.7 Å². The minimum absolute atomic E-state index is 0. The number of rotatable bonds is 0. The molecule has 0 aromatic heterocycles. The molecule has 0 amide bonds. The minimum atomic E-state index is -0.347. The molecule has 1 rings (SSSR count). The molecule has 0 atom stereocenters. The van der Waals surface area contributed by atoms with Crippen LogP contribution in [0.3, 0.4) is 0 Å². The van der Waals surface area contributed by atoms with Gasteiger partial charge in [0.2, 0.25) is 5.43 Å². The van der Waals surface area contributed by atoms with E-state index in [2.05, 4.69) is 0 Å². The smallest absolute Gasteiger partial charge is 1.00 e. The first-order valence-electron chi connectivity index (χ1n) is 2.59. The number of aromatic hydroxyl groups is 1. The molecule has 0 aliphatic rings. The average molecular weight is 164 g/mol. The molecule has 3 heteroatoms. The van der Waals surface area contributed by atoms with Crippen LogP contribution in [0.2, 0.25) is 0 Å². The van der Waals surface area contributed by atoms with Crippen molar-refractivity contribution in [1.82, 2.24) is 0 Å². The van der Waals surface area contributed by atoms with E-state index in [0.717, 1.165) is 0 Å². The summed E-state index contributed by atoms with van der Waals surface area (Å²) in [5.74, 6) is -0.208. The molecule has 1 aromatic carbocycles. The molecule has 1 aromatic rings. The summed E-state index contributed by atoms with van der Waals surface area (Å²) in [6.45, 7) is 0. The summed E-state index contributed by atoms with van der Waals surface area (Å²) >= 11 is 0. The molecule has 0 radical (unpaired) electrons. The molecule has 0 fully saturated rings. The zero-order valence-corrected chi connectivity index (χ0v) is 7.66. The average Bonchev–Trinajstić information content (AvgIpc) is 1.99. The Balaban J connectivity index is -0.000000270. The Morgan fingerprint density at radius 3 is 2.50 bits per heavy atom. The van der Waals surface area contributed by atoms with E-state index >= 15 is 0 Å². The molecule has 0 bridgehead atoms. The fourth-order valence-corrected chi connectivity index (χ4v) is 0.521. The van der Waals surface area contributed by atoms with Gasteiger partial charge < -0.3 is 7.96 Å². The second kappa shape index (κ2) is 4.72. The summed E-state index contributed by atoms with van der Waals surface area (Å²) < 4.78 is 0. The van der Waals surface area contributed by atoms with E-state index in [-0.39, 0.29) is 51.8 Å². The second-order valence-corrected chi connectivity index (χ2v) is 1.66. The quantitative estimate of drug-likeness (QED) is 0.570. The Hall–Kier alpha value is -0.0503. The maximum absolute atomic E-state index is 10.6. The number of hydrogen-bond acceptors (Lipinski definition) is 2. The molecule has 0 heterocycles. The predicted octanol–water partition coefficient (Wildman–Crippen LogP) is 0.597. The third-order valence-corrected chi connectivity index (χ3v) is 0.976. The molecule has 0 unspecified atom stereocenters. The maximum atomic E-state index is 10.6. The third kappa shape index (κ3) is 2.69. The maximum Gasteiger partial charge on any atom is 2.00 e. The van der Waals surface area contributed by atoms with E-state index < -0.39 is 0 Å². The first-order chi connectivity index (χ1) is 4.30. The number of hydrogen-bond donors (Lipinski definition) is 1. The van der Waals surface area contributed by atoms with Crippen LogP contribution in [-0.2, 0) is 0 Å². The Kier molecular flexibility index (Phi) is 4.69. The van der Waals surface area contributed by atoms with Crippen molar-refractivity contribution in [3.8, 4) is 5.75 Å². The van der Waals surface area contributed by atoms with Gasteiger partial charge in [-0.1, -0.05) is 18.2 Å². The van der Waals surface area contributed by atoms with E-state index in [1.165, 1.54) is 12.1 Å². The van der Waals surface area contributed by atoms with Crippen molar-refractivity contribution < 1.29 is 7.96 Å². The topological polar surface area (TPSA) is 37.3 Å². The molecular weight excluding hydrogens is 156 g/mol. The van der Waals surface area contributed by atoms with Gasteiger partial charge in [0.25, 0.3) is 0 Å². The van der Waals surface area contributed by atoms with Crippen molar-refractivity contribution in [2.75, 3.05) is 0 Å². The standard InChI is InChI=1S/C7H6O2.Ca.2H/c8-6-4-2-1-3-5-7(6)9;;;/h1-5H,(H,8,9);;;/q;+2;2*-1. The summed E-state index contributed by atoms with van der Waals surface area (Å²) in [5, 5.41) is 8.77. The zero-order chi connectivity index (χ0) is 6.69. The monoisotopic (exact) mass is 164 g/mol. The van der Waals surface area contributed by atoms with Gasteiger partial charge in [-0.3, -0.25) is 4.79 Å². The molecule has 2 nitrogen and oxygen atoms in total.